The van der Waals surface area contributed by atoms with Gasteiger partial charge in [0.2, 0.25) is 0 Å². The van der Waals surface area contributed by atoms with E-state index >= 15 is 0 Å². The van der Waals surface area contributed by atoms with Crippen LogP contribution in [0.25, 0.3) is 0 Å². The molecule has 0 fully saturated rings. The molecule has 16 heavy (non-hydrogen) atoms. The number of benzene rings is 1. The molecule has 0 saturated heterocycles. The van der Waals surface area contributed by atoms with Crippen LogP contribution >= 0.6 is 11.8 Å². The van der Waals surface area contributed by atoms with E-state index in [4.69, 9.17) is 10.5 Å². The number of aliphatic hydroxyl groups is 1. The third kappa shape index (κ3) is 4.43. The molecule has 0 spiro atoms. The van der Waals surface area contributed by atoms with Gasteiger partial charge in [0.05, 0.1) is 12.7 Å². The second-order valence-electron chi connectivity index (χ2n) is 3.98. The highest BCUT2D eigenvalue weighted by Crippen LogP contribution is 2.24. The second kappa shape index (κ2) is 6.13. The molecule has 3 N–H and O–H groups in total. The lowest BCUT2D eigenvalue weighted by Crippen LogP contribution is -2.34. The lowest BCUT2D eigenvalue weighted by Gasteiger charge is -2.20. The third-order valence-electron chi connectivity index (χ3n) is 2.39. The summed E-state index contributed by atoms with van der Waals surface area (Å²) >= 11 is 1.70. The van der Waals surface area contributed by atoms with Gasteiger partial charge in [0.25, 0.3) is 0 Å². The second-order valence-corrected chi connectivity index (χ2v) is 5.15. The van der Waals surface area contributed by atoms with Gasteiger partial charge in [-0.05, 0) is 31.5 Å². The molecule has 3 nitrogen and oxygen atoms in total. The summed E-state index contributed by atoms with van der Waals surface area (Å²) in [6, 6.07) is 7.90. The van der Waals surface area contributed by atoms with Crippen molar-refractivity contribution in [1.82, 2.24) is 0 Å². The minimum atomic E-state index is -0.758. The van der Waals surface area contributed by atoms with Crippen LogP contribution in [0.1, 0.15) is 13.3 Å². The largest absolute Gasteiger partial charge is 0.497 e. The molecule has 0 aliphatic rings. The van der Waals surface area contributed by atoms with E-state index in [1.165, 1.54) is 0 Å². The Labute approximate surface area is 101 Å². The van der Waals surface area contributed by atoms with Crippen LogP contribution in [0.4, 0.5) is 0 Å². The first-order valence-corrected chi connectivity index (χ1v) is 6.25. The van der Waals surface area contributed by atoms with E-state index in [1.54, 1.807) is 25.8 Å². The molecular weight excluding hydrogens is 222 g/mol. The molecule has 0 heterocycles. The number of rotatable bonds is 6. The van der Waals surface area contributed by atoms with Gasteiger partial charge in [-0.1, -0.05) is 6.07 Å². The topological polar surface area (TPSA) is 55.5 Å². The predicted octanol–water partition coefficient (Wildman–Crippen LogP) is 1.89. The number of hydrogen-bond donors (Lipinski definition) is 2. The summed E-state index contributed by atoms with van der Waals surface area (Å²) in [6.07, 6.45) is 0.686. The summed E-state index contributed by atoms with van der Waals surface area (Å²) < 4.78 is 5.14. The summed E-state index contributed by atoms with van der Waals surface area (Å²) in [5, 5.41) is 9.74. The molecule has 1 rings (SSSR count). The smallest absolute Gasteiger partial charge is 0.119 e. The summed E-state index contributed by atoms with van der Waals surface area (Å²) in [5.74, 6) is 1.70. The zero-order valence-electron chi connectivity index (χ0n) is 9.77. The molecule has 90 valence electrons. The summed E-state index contributed by atoms with van der Waals surface area (Å²) in [5.41, 5.74) is 4.69. The molecule has 0 saturated carbocycles. The highest BCUT2D eigenvalue weighted by molar-refractivity contribution is 7.99. The maximum Gasteiger partial charge on any atom is 0.119 e. The van der Waals surface area contributed by atoms with Gasteiger partial charge in [0, 0.05) is 17.2 Å². The molecule has 0 bridgehead atoms. The standard InChI is InChI=1S/C12H19NO2S/c1-12(14,9-13)6-7-16-11-5-3-4-10(8-11)15-2/h3-5,8,14H,6-7,9,13H2,1-2H3. The molecule has 0 radical (unpaired) electrons. The molecule has 0 aliphatic carbocycles. The van der Waals surface area contributed by atoms with Crippen LogP contribution in [0.2, 0.25) is 0 Å². The molecule has 1 aromatic rings. The van der Waals surface area contributed by atoms with Gasteiger partial charge in [-0.25, -0.2) is 0 Å². The van der Waals surface area contributed by atoms with Crippen LogP contribution in [0.5, 0.6) is 5.75 Å². The van der Waals surface area contributed by atoms with Gasteiger partial charge in [0.1, 0.15) is 5.75 Å². The first kappa shape index (κ1) is 13.4. The lowest BCUT2D eigenvalue weighted by molar-refractivity contribution is 0.0665. The van der Waals surface area contributed by atoms with Crippen molar-refractivity contribution in [2.24, 2.45) is 5.73 Å². The van der Waals surface area contributed by atoms with E-state index in [0.29, 0.717) is 13.0 Å². The van der Waals surface area contributed by atoms with Crippen molar-refractivity contribution in [2.45, 2.75) is 23.8 Å². The molecule has 1 atom stereocenters. The molecule has 4 heteroatoms. The molecular formula is C12H19NO2S. The van der Waals surface area contributed by atoms with E-state index in [0.717, 1.165) is 16.4 Å². The van der Waals surface area contributed by atoms with Crippen molar-refractivity contribution in [3.63, 3.8) is 0 Å². The fourth-order valence-electron chi connectivity index (χ4n) is 1.18. The monoisotopic (exact) mass is 241 g/mol. The van der Waals surface area contributed by atoms with Crippen LogP contribution in [0.15, 0.2) is 29.2 Å². The molecule has 0 amide bonds. The first-order valence-electron chi connectivity index (χ1n) is 5.27. The number of hydrogen-bond acceptors (Lipinski definition) is 4. The van der Waals surface area contributed by atoms with Crippen LogP contribution in [0.3, 0.4) is 0 Å². The summed E-state index contributed by atoms with van der Waals surface area (Å²) in [7, 11) is 1.66. The number of ether oxygens (including phenoxy) is 1. The fourth-order valence-corrected chi connectivity index (χ4v) is 2.33. The van der Waals surface area contributed by atoms with Crippen molar-refractivity contribution in [3.05, 3.63) is 24.3 Å². The van der Waals surface area contributed by atoms with Crippen molar-refractivity contribution in [3.8, 4) is 5.75 Å². The Bertz CT molecular complexity index is 329. The van der Waals surface area contributed by atoms with E-state index in [1.807, 2.05) is 24.3 Å². The van der Waals surface area contributed by atoms with Gasteiger partial charge in [-0.2, -0.15) is 0 Å². The average molecular weight is 241 g/mol. The Morgan fingerprint density at radius 2 is 2.25 bits per heavy atom. The normalized spacial score (nSPS) is 14.5. The molecule has 1 aromatic carbocycles. The van der Waals surface area contributed by atoms with Crippen molar-refractivity contribution in [2.75, 3.05) is 19.4 Å². The molecule has 0 aliphatic heterocycles. The Morgan fingerprint density at radius 3 is 2.88 bits per heavy atom. The molecule has 1 unspecified atom stereocenters. The van der Waals surface area contributed by atoms with Crippen LogP contribution < -0.4 is 10.5 Å². The summed E-state index contributed by atoms with van der Waals surface area (Å²) in [4.78, 5) is 1.15. The van der Waals surface area contributed by atoms with Crippen LogP contribution in [0, 0.1) is 0 Å². The van der Waals surface area contributed by atoms with Gasteiger partial charge in [-0.15, -0.1) is 11.8 Å². The van der Waals surface area contributed by atoms with Gasteiger partial charge in [0.15, 0.2) is 0 Å². The third-order valence-corrected chi connectivity index (χ3v) is 3.39. The van der Waals surface area contributed by atoms with Gasteiger partial charge >= 0.3 is 0 Å². The number of nitrogens with two attached hydrogens (primary N) is 1. The lowest BCUT2D eigenvalue weighted by atomic mass is 10.1. The fraction of sp³-hybridized carbons (Fsp3) is 0.500. The first-order chi connectivity index (χ1) is 7.57. The van der Waals surface area contributed by atoms with Crippen molar-refractivity contribution >= 4 is 11.8 Å². The Morgan fingerprint density at radius 1 is 1.50 bits per heavy atom. The quantitative estimate of drug-likeness (QED) is 0.747. The van der Waals surface area contributed by atoms with Crippen LogP contribution in [-0.2, 0) is 0 Å². The highest BCUT2D eigenvalue weighted by atomic mass is 32.2. The number of thioether (sulfide) groups is 1. The van der Waals surface area contributed by atoms with E-state index in [2.05, 4.69) is 0 Å². The van der Waals surface area contributed by atoms with Crippen molar-refractivity contribution in [1.29, 1.82) is 0 Å². The average Bonchev–Trinajstić information content (AvgIpc) is 2.29. The van der Waals surface area contributed by atoms with E-state index in [-0.39, 0.29) is 0 Å². The van der Waals surface area contributed by atoms with Crippen LogP contribution in [-0.4, -0.2) is 30.1 Å². The SMILES string of the molecule is COc1cccc(SCCC(C)(O)CN)c1. The predicted molar refractivity (Wildman–Crippen MR) is 68.0 cm³/mol. The van der Waals surface area contributed by atoms with Gasteiger partial charge < -0.3 is 15.6 Å². The maximum absolute atomic E-state index is 9.74. The molecule has 0 aromatic heterocycles. The Balaban J connectivity index is 2.42. The Kier molecular flexibility index (Phi) is 5.12. The summed E-state index contributed by atoms with van der Waals surface area (Å²) in [6.45, 7) is 2.06. The van der Waals surface area contributed by atoms with E-state index < -0.39 is 5.60 Å². The number of methoxy groups -OCH3 is 1. The van der Waals surface area contributed by atoms with E-state index in [9.17, 15) is 5.11 Å². The Hall–Kier alpha value is -0.710. The van der Waals surface area contributed by atoms with Gasteiger partial charge in [-0.3, -0.25) is 0 Å². The van der Waals surface area contributed by atoms with Crippen molar-refractivity contribution < 1.29 is 9.84 Å². The maximum atomic E-state index is 9.74. The zero-order chi connectivity index (χ0) is 12.0. The minimum absolute atomic E-state index is 0.297. The highest BCUT2D eigenvalue weighted by Gasteiger charge is 2.17. The zero-order valence-corrected chi connectivity index (χ0v) is 10.6. The minimum Gasteiger partial charge on any atom is -0.497 e.